The molecule has 1 amide bonds. The summed E-state index contributed by atoms with van der Waals surface area (Å²) < 4.78 is 18.4. The van der Waals surface area contributed by atoms with Gasteiger partial charge in [-0.25, -0.2) is 10.4 Å². The average Bonchev–Trinajstić information content (AvgIpc) is 2.92. The molecule has 0 aliphatic heterocycles. The molecule has 0 atom stereocenters. The largest absolute Gasteiger partial charge is 0.496 e. The van der Waals surface area contributed by atoms with E-state index in [9.17, 15) is 9.59 Å². The summed E-state index contributed by atoms with van der Waals surface area (Å²) in [7, 11) is 4.57. The number of thioether (sulfide) groups is 1. The van der Waals surface area contributed by atoms with E-state index in [0.29, 0.717) is 44.6 Å². The van der Waals surface area contributed by atoms with Crippen LogP contribution in [0.15, 0.2) is 80.2 Å². The molecule has 11 heteroatoms. The number of nitrogens with one attached hydrogen (secondary N) is 1. The molecule has 9 nitrogen and oxygen atoms in total. The first kappa shape index (κ1) is 26.2. The Balaban J connectivity index is 1.55. The number of halogens is 1. The molecule has 0 bridgehead atoms. The fraction of sp³-hybridized carbons (Fsp3) is 0.154. The van der Waals surface area contributed by atoms with E-state index < -0.39 is 0 Å². The second-order valence-electron chi connectivity index (χ2n) is 7.56. The van der Waals surface area contributed by atoms with Gasteiger partial charge in [-0.1, -0.05) is 39.8 Å². The first-order chi connectivity index (χ1) is 17.9. The van der Waals surface area contributed by atoms with Gasteiger partial charge in [-0.3, -0.25) is 14.2 Å². The first-order valence-electron chi connectivity index (χ1n) is 11.0. The molecule has 190 valence electrons. The first-order valence-corrected chi connectivity index (χ1v) is 12.8. The van der Waals surface area contributed by atoms with E-state index in [0.717, 1.165) is 16.2 Å². The van der Waals surface area contributed by atoms with Crippen LogP contribution in [0.4, 0.5) is 0 Å². The minimum atomic E-state index is -0.377. The van der Waals surface area contributed by atoms with Crippen LogP contribution in [0.25, 0.3) is 16.6 Å². The zero-order valence-corrected chi connectivity index (χ0v) is 22.6. The number of nitrogens with zero attached hydrogens (tertiary/aromatic N) is 3. The summed E-state index contributed by atoms with van der Waals surface area (Å²) in [6.07, 6.45) is 1.44. The van der Waals surface area contributed by atoms with E-state index in [1.54, 1.807) is 37.4 Å². The van der Waals surface area contributed by atoms with Crippen LogP contribution in [0, 0.1) is 0 Å². The van der Waals surface area contributed by atoms with Crippen molar-refractivity contribution in [3.8, 4) is 22.9 Å². The third-order valence-corrected chi connectivity index (χ3v) is 6.77. The van der Waals surface area contributed by atoms with E-state index in [4.69, 9.17) is 14.2 Å². The quantitative estimate of drug-likeness (QED) is 0.135. The van der Waals surface area contributed by atoms with Gasteiger partial charge < -0.3 is 14.2 Å². The van der Waals surface area contributed by atoms with Crippen LogP contribution in [0.1, 0.15) is 5.56 Å². The Labute approximate surface area is 225 Å². The fourth-order valence-electron chi connectivity index (χ4n) is 3.52. The smallest absolute Gasteiger partial charge is 0.266 e. The second kappa shape index (κ2) is 11.9. The van der Waals surface area contributed by atoms with Gasteiger partial charge in [-0.2, -0.15) is 5.10 Å². The lowest BCUT2D eigenvalue weighted by molar-refractivity contribution is -0.118. The van der Waals surface area contributed by atoms with Crippen molar-refractivity contribution in [3.63, 3.8) is 0 Å². The lowest BCUT2D eigenvalue weighted by Gasteiger charge is -2.13. The molecular weight excluding hydrogens is 560 g/mol. The highest BCUT2D eigenvalue weighted by Crippen LogP contribution is 2.32. The summed E-state index contributed by atoms with van der Waals surface area (Å²) >= 11 is 4.55. The van der Waals surface area contributed by atoms with Crippen LogP contribution in [0.2, 0.25) is 0 Å². The third kappa shape index (κ3) is 5.95. The second-order valence-corrected chi connectivity index (χ2v) is 9.41. The molecule has 0 spiro atoms. The zero-order valence-electron chi connectivity index (χ0n) is 20.2. The van der Waals surface area contributed by atoms with Crippen LogP contribution in [-0.2, 0) is 4.79 Å². The van der Waals surface area contributed by atoms with Crippen LogP contribution < -0.4 is 25.2 Å². The summed E-state index contributed by atoms with van der Waals surface area (Å²) in [5.74, 6) is 1.11. The Bertz CT molecular complexity index is 1500. The van der Waals surface area contributed by atoms with Crippen molar-refractivity contribution in [1.29, 1.82) is 0 Å². The van der Waals surface area contributed by atoms with Crippen molar-refractivity contribution in [1.82, 2.24) is 15.0 Å². The van der Waals surface area contributed by atoms with Crippen molar-refractivity contribution in [2.24, 2.45) is 5.10 Å². The summed E-state index contributed by atoms with van der Waals surface area (Å²) in [5, 5.41) is 4.94. The number of rotatable bonds is 9. The number of hydrogen-bond donors (Lipinski definition) is 1. The number of hydrogen-bond acceptors (Lipinski definition) is 8. The maximum absolute atomic E-state index is 13.3. The number of aromatic nitrogens is 2. The molecular formula is C26H23BrN4O5S. The molecule has 0 fully saturated rings. The van der Waals surface area contributed by atoms with Crippen molar-refractivity contribution >= 4 is 50.7 Å². The zero-order chi connectivity index (χ0) is 26.4. The fourth-order valence-corrected chi connectivity index (χ4v) is 4.59. The van der Waals surface area contributed by atoms with E-state index in [-0.39, 0.29) is 17.2 Å². The minimum Gasteiger partial charge on any atom is -0.496 e. The van der Waals surface area contributed by atoms with Gasteiger partial charge in [0.15, 0.2) is 5.16 Å². The molecule has 0 saturated heterocycles. The number of hydrazone groups is 1. The Morgan fingerprint density at radius 3 is 2.38 bits per heavy atom. The monoisotopic (exact) mass is 582 g/mol. The van der Waals surface area contributed by atoms with E-state index in [2.05, 4.69) is 31.4 Å². The molecule has 1 aromatic heterocycles. The van der Waals surface area contributed by atoms with Gasteiger partial charge in [0.2, 0.25) is 0 Å². The Morgan fingerprint density at radius 1 is 1.05 bits per heavy atom. The maximum Gasteiger partial charge on any atom is 0.266 e. The SMILES string of the molecule is COc1cc(OC)c(/C=N\NC(=O)CSc2nc3ccccc3c(=O)n2-c2ccc(Br)cc2)c(OC)c1. The standard InChI is InChI=1S/C26H23BrN4O5S/c1-34-18-12-22(35-2)20(23(13-18)36-3)14-28-30-24(32)15-37-26-29-21-7-5-4-6-19(21)25(33)31(26)17-10-8-16(27)9-11-17/h4-14H,15H2,1-3H3,(H,30,32)/b28-14-. The van der Waals surface area contributed by atoms with Gasteiger partial charge in [0.25, 0.3) is 11.5 Å². The van der Waals surface area contributed by atoms with Gasteiger partial charge in [0.05, 0.1) is 55.5 Å². The van der Waals surface area contributed by atoms with E-state index in [1.807, 2.05) is 30.3 Å². The molecule has 3 aromatic carbocycles. The minimum absolute atomic E-state index is 0.0183. The Kier molecular flexibility index (Phi) is 8.47. The molecule has 0 aliphatic carbocycles. The molecule has 37 heavy (non-hydrogen) atoms. The average molecular weight is 583 g/mol. The van der Waals surface area contributed by atoms with Crippen molar-refractivity contribution in [3.05, 3.63) is 81.1 Å². The van der Waals surface area contributed by atoms with Gasteiger partial charge in [-0.05, 0) is 36.4 Å². The molecule has 4 aromatic rings. The topological polar surface area (TPSA) is 104 Å². The lowest BCUT2D eigenvalue weighted by Crippen LogP contribution is -2.24. The Hall–Kier alpha value is -3.83. The van der Waals surface area contributed by atoms with Gasteiger partial charge in [-0.15, -0.1) is 0 Å². The Morgan fingerprint density at radius 2 is 1.73 bits per heavy atom. The molecule has 1 N–H and O–H groups in total. The normalized spacial score (nSPS) is 11.0. The molecule has 4 rings (SSSR count). The lowest BCUT2D eigenvalue weighted by atomic mass is 10.2. The predicted octanol–water partition coefficient (Wildman–Crippen LogP) is 4.42. The molecule has 0 saturated carbocycles. The predicted molar refractivity (Wildman–Crippen MR) is 148 cm³/mol. The number of ether oxygens (including phenoxy) is 3. The van der Waals surface area contributed by atoms with Gasteiger partial charge in [0.1, 0.15) is 17.2 Å². The number of fused-ring (bicyclic) bond motifs is 1. The summed E-state index contributed by atoms with van der Waals surface area (Å²) in [6.45, 7) is 0. The molecule has 0 radical (unpaired) electrons. The van der Waals surface area contributed by atoms with Crippen LogP contribution in [-0.4, -0.2) is 48.8 Å². The summed E-state index contributed by atoms with van der Waals surface area (Å²) in [6, 6.07) is 17.8. The van der Waals surface area contributed by atoms with E-state index >= 15 is 0 Å². The molecule has 1 heterocycles. The van der Waals surface area contributed by atoms with Crippen molar-refractivity contribution < 1.29 is 19.0 Å². The number of amides is 1. The van der Waals surface area contributed by atoms with Crippen molar-refractivity contribution in [2.45, 2.75) is 5.16 Å². The third-order valence-electron chi connectivity index (χ3n) is 5.30. The van der Waals surface area contributed by atoms with Crippen LogP contribution >= 0.6 is 27.7 Å². The maximum atomic E-state index is 13.3. The highest BCUT2D eigenvalue weighted by Gasteiger charge is 2.15. The summed E-state index contributed by atoms with van der Waals surface area (Å²) in [5.41, 5.74) is 4.02. The number of para-hydroxylation sites is 1. The number of carbonyl (C=O) groups is 1. The highest BCUT2D eigenvalue weighted by atomic mass is 79.9. The molecule has 0 aliphatic rings. The molecule has 0 unspecified atom stereocenters. The number of methoxy groups -OCH3 is 3. The number of benzene rings is 3. The van der Waals surface area contributed by atoms with E-state index in [1.165, 1.54) is 25.0 Å². The number of carbonyl (C=O) groups excluding carboxylic acids is 1. The summed E-state index contributed by atoms with van der Waals surface area (Å²) in [4.78, 5) is 30.6. The van der Waals surface area contributed by atoms with Gasteiger partial charge >= 0.3 is 0 Å². The van der Waals surface area contributed by atoms with Crippen LogP contribution in [0.3, 0.4) is 0 Å². The highest BCUT2D eigenvalue weighted by molar-refractivity contribution is 9.10. The van der Waals surface area contributed by atoms with Crippen molar-refractivity contribution in [2.75, 3.05) is 27.1 Å². The van der Waals surface area contributed by atoms with Gasteiger partial charge in [0, 0.05) is 16.6 Å². The van der Waals surface area contributed by atoms with Crippen LogP contribution in [0.5, 0.6) is 17.2 Å².